The van der Waals surface area contributed by atoms with E-state index in [0.29, 0.717) is 18.1 Å². The van der Waals surface area contributed by atoms with Gasteiger partial charge in [0.05, 0.1) is 6.54 Å². The third-order valence-electron chi connectivity index (χ3n) is 4.27. The highest BCUT2D eigenvalue weighted by Gasteiger charge is 2.22. The Kier molecular flexibility index (Phi) is 4.19. The summed E-state index contributed by atoms with van der Waals surface area (Å²) < 4.78 is 1.92. The van der Waals surface area contributed by atoms with Gasteiger partial charge in [0.1, 0.15) is 17.2 Å². The molecule has 0 spiro atoms. The summed E-state index contributed by atoms with van der Waals surface area (Å²) in [5.41, 5.74) is 3.22. The highest BCUT2D eigenvalue weighted by molar-refractivity contribution is 6.04. The Morgan fingerprint density at radius 3 is 2.54 bits per heavy atom. The highest BCUT2D eigenvalue weighted by Crippen LogP contribution is 2.18. The fourth-order valence-electron chi connectivity index (χ4n) is 2.93. The van der Waals surface area contributed by atoms with Gasteiger partial charge in [0.25, 0.3) is 5.91 Å². The molecule has 5 nitrogen and oxygen atoms in total. The van der Waals surface area contributed by atoms with Crippen molar-refractivity contribution in [1.82, 2.24) is 14.4 Å². The van der Waals surface area contributed by atoms with Crippen molar-refractivity contribution in [1.29, 1.82) is 0 Å². The lowest BCUT2D eigenvalue weighted by atomic mass is 10.2. The summed E-state index contributed by atoms with van der Waals surface area (Å²) in [7, 11) is 0. The van der Waals surface area contributed by atoms with Crippen LogP contribution in [0, 0.1) is 6.92 Å². The lowest BCUT2D eigenvalue weighted by Crippen LogP contribution is -2.31. The number of aryl methyl sites for hydroxylation is 1. The first kappa shape index (κ1) is 16.0. The molecule has 26 heavy (non-hydrogen) atoms. The van der Waals surface area contributed by atoms with Crippen molar-refractivity contribution >= 4 is 17.4 Å². The quantitative estimate of drug-likeness (QED) is 0.565. The molecule has 1 aromatic carbocycles. The zero-order valence-electron chi connectivity index (χ0n) is 14.4. The number of benzene rings is 1. The van der Waals surface area contributed by atoms with Gasteiger partial charge in [0.2, 0.25) is 0 Å². The SMILES string of the molecule is Cc1cccc2nc(C(=O)N(Cc3ccccc3)c3ccccn3)cn12. The molecule has 0 radical (unpaired) electrons. The predicted octanol–water partition coefficient (Wildman–Crippen LogP) is 3.88. The first-order chi connectivity index (χ1) is 12.7. The van der Waals surface area contributed by atoms with Crippen LogP contribution in [0.15, 0.2) is 79.1 Å². The number of carbonyl (C=O) groups is 1. The average Bonchev–Trinajstić information content (AvgIpc) is 3.13. The zero-order valence-corrected chi connectivity index (χ0v) is 14.4. The van der Waals surface area contributed by atoms with Crippen LogP contribution in [0.1, 0.15) is 21.7 Å². The molecule has 0 atom stereocenters. The highest BCUT2D eigenvalue weighted by atomic mass is 16.2. The minimum Gasteiger partial charge on any atom is -0.304 e. The lowest BCUT2D eigenvalue weighted by Gasteiger charge is -2.20. The first-order valence-electron chi connectivity index (χ1n) is 8.44. The third-order valence-corrected chi connectivity index (χ3v) is 4.27. The molecule has 5 heteroatoms. The van der Waals surface area contributed by atoms with Gasteiger partial charge in [-0.15, -0.1) is 0 Å². The van der Waals surface area contributed by atoms with E-state index in [2.05, 4.69) is 9.97 Å². The van der Waals surface area contributed by atoms with Gasteiger partial charge < -0.3 is 4.40 Å². The van der Waals surface area contributed by atoms with E-state index in [9.17, 15) is 4.79 Å². The summed E-state index contributed by atoms with van der Waals surface area (Å²) in [6, 6.07) is 21.2. The fraction of sp³-hybridized carbons (Fsp3) is 0.0952. The van der Waals surface area contributed by atoms with Crippen LogP contribution in [0.2, 0.25) is 0 Å². The van der Waals surface area contributed by atoms with Crippen molar-refractivity contribution in [2.75, 3.05) is 4.90 Å². The molecule has 0 saturated heterocycles. The number of carbonyl (C=O) groups excluding carboxylic acids is 1. The van der Waals surface area contributed by atoms with Crippen LogP contribution >= 0.6 is 0 Å². The summed E-state index contributed by atoms with van der Waals surface area (Å²) in [6.07, 6.45) is 3.47. The molecule has 0 unspecified atom stereocenters. The maximum Gasteiger partial charge on any atom is 0.279 e. The number of imidazole rings is 1. The van der Waals surface area contributed by atoms with Crippen LogP contribution in [0.5, 0.6) is 0 Å². The third kappa shape index (κ3) is 3.07. The van der Waals surface area contributed by atoms with Crippen molar-refractivity contribution in [3.8, 4) is 0 Å². The standard InChI is InChI=1S/C21H18N4O/c1-16-8-7-12-20-23-18(15-24(16)20)21(26)25(19-11-5-6-13-22-19)14-17-9-3-2-4-10-17/h2-13,15H,14H2,1H3. The van der Waals surface area contributed by atoms with E-state index in [4.69, 9.17) is 0 Å². The second-order valence-corrected chi connectivity index (χ2v) is 6.09. The van der Waals surface area contributed by atoms with E-state index in [1.807, 2.05) is 78.1 Å². The zero-order chi connectivity index (χ0) is 17.9. The number of amides is 1. The number of hydrogen-bond donors (Lipinski definition) is 0. The number of hydrogen-bond acceptors (Lipinski definition) is 3. The minimum atomic E-state index is -0.171. The summed E-state index contributed by atoms with van der Waals surface area (Å²) in [6.45, 7) is 2.42. The number of nitrogens with zero attached hydrogens (tertiary/aromatic N) is 4. The van der Waals surface area contributed by atoms with E-state index in [1.165, 1.54) is 0 Å². The molecule has 4 rings (SSSR count). The smallest absolute Gasteiger partial charge is 0.279 e. The summed E-state index contributed by atoms with van der Waals surface area (Å²) in [5, 5.41) is 0. The van der Waals surface area contributed by atoms with Crippen molar-refractivity contribution < 1.29 is 4.79 Å². The molecule has 0 N–H and O–H groups in total. The number of rotatable bonds is 4. The second kappa shape index (κ2) is 6.80. The molecule has 0 saturated carbocycles. The summed E-state index contributed by atoms with van der Waals surface area (Å²) in [4.78, 5) is 23.8. The topological polar surface area (TPSA) is 50.5 Å². The van der Waals surface area contributed by atoms with Crippen LogP contribution in [0.25, 0.3) is 5.65 Å². The fourth-order valence-corrected chi connectivity index (χ4v) is 2.93. The first-order valence-corrected chi connectivity index (χ1v) is 8.44. The van der Waals surface area contributed by atoms with Crippen LogP contribution in [-0.2, 0) is 6.54 Å². The second-order valence-electron chi connectivity index (χ2n) is 6.09. The van der Waals surface area contributed by atoms with E-state index in [1.54, 1.807) is 17.3 Å². The molecule has 0 aliphatic heterocycles. The van der Waals surface area contributed by atoms with Crippen LogP contribution in [-0.4, -0.2) is 20.3 Å². The molecule has 3 heterocycles. The molecule has 128 valence electrons. The maximum absolute atomic E-state index is 13.2. The van der Waals surface area contributed by atoms with Crippen LogP contribution in [0.4, 0.5) is 5.82 Å². The van der Waals surface area contributed by atoms with Gasteiger partial charge in [-0.3, -0.25) is 9.69 Å². The van der Waals surface area contributed by atoms with Crippen molar-refractivity contribution in [2.45, 2.75) is 13.5 Å². The van der Waals surface area contributed by atoms with Gasteiger partial charge in [0.15, 0.2) is 0 Å². The van der Waals surface area contributed by atoms with Gasteiger partial charge >= 0.3 is 0 Å². The molecule has 4 aromatic rings. The molecule has 3 aromatic heterocycles. The van der Waals surface area contributed by atoms with Gasteiger partial charge in [-0.2, -0.15) is 0 Å². The Morgan fingerprint density at radius 1 is 1.00 bits per heavy atom. The van der Waals surface area contributed by atoms with Crippen LogP contribution in [0.3, 0.4) is 0 Å². The normalized spacial score (nSPS) is 10.8. The van der Waals surface area contributed by atoms with E-state index in [-0.39, 0.29) is 5.91 Å². The molecular formula is C21H18N4O. The van der Waals surface area contributed by atoms with E-state index >= 15 is 0 Å². The lowest BCUT2D eigenvalue weighted by molar-refractivity contribution is 0.0980. The Balaban J connectivity index is 1.74. The summed E-state index contributed by atoms with van der Waals surface area (Å²) >= 11 is 0. The van der Waals surface area contributed by atoms with Gasteiger partial charge in [-0.25, -0.2) is 9.97 Å². The monoisotopic (exact) mass is 342 g/mol. The molecular weight excluding hydrogens is 324 g/mol. The Labute approximate surface area is 151 Å². The predicted molar refractivity (Wildman–Crippen MR) is 101 cm³/mol. The van der Waals surface area contributed by atoms with Gasteiger partial charge in [0, 0.05) is 18.1 Å². The average molecular weight is 342 g/mol. The molecule has 0 fully saturated rings. The largest absolute Gasteiger partial charge is 0.304 e. The summed E-state index contributed by atoms with van der Waals surface area (Å²) in [5.74, 6) is 0.436. The van der Waals surface area contributed by atoms with Crippen molar-refractivity contribution in [3.05, 3.63) is 96.1 Å². The molecule has 0 aliphatic rings. The number of fused-ring (bicyclic) bond motifs is 1. The Morgan fingerprint density at radius 2 is 1.81 bits per heavy atom. The van der Waals surface area contributed by atoms with Gasteiger partial charge in [-0.05, 0) is 36.8 Å². The number of aromatic nitrogens is 3. The minimum absolute atomic E-state index is 0.171. The van der Waals surface area contributed by atoms with Crippen molar-refractivity contribution in [3.63, 3.8) is 0 Å². The molecule has 0 bridgehead atoms. The number of pyridine rings is 2. The van der Waals surface area contributed by atoms with Crippen LogP contribution < -0.4 is 4.90 Å². The van der Waals surface area contributed by atoms with E-state index < -0.39 is 0 Å². The van der Waals surface area contributed by atoms with E-state index in [0.717, 1.165) is 16.9 Å². The maximum atomic E-state index is 13.2. The van der Waals surface area contributed by atoms with Gasteiger partial charge in [-0.1, -0.05) is 42.5 Å². The van der Waals surface area contributed by atoms with Crippen molar-refractivity contribution in [2.24, 2.45) is 0 Å². The number of anilines is 1. The Hall–Kier alpha value is -3.47. The molecule has 1 amide bonds. The Bertz CT molecular complexity index is 1040. The molecule has 0 aliphatic carbocycles.